The SMILES string of the molecule is CCCC1NCCC1NC(=O)OC(C)(C)C. The van der Waals surface area contributed by atoms with Gasteiger partial charge >= 0.3 is 6.09 Å². The van der Waals surface area contributed by atoms with Gasteiger partial charge in [-0.1, -0.05) is 13.3 Å². The maximum atomic E-state index is 11.6. The number of ether oxygens (including phenoxy) is 1. The third kappa shape index (κ3) is 4.39. The first-order chi connectivity index (χ1) is 7.42. The first-order valence-corrected chi connectivity index (χ1v) is 6.15. The molecule has 2 unspecified atom stereocenters. The zero-order valence-corrected chi connectivity index (χ0v) is 10.8. The molecule has 0 aromatic heterocycles. The Labute approximate surface area is 98.1 Å². The molecule has 2 N–H and O–H groups in total. The molecular formula is C12H24N2O2. The van der Waals surface area contributed by atoms with Crippen LogP contribution in [0.15, 0.2) is 0 Å². The molecule has 1 aliphatic rings. The van der Waals surface area contributed by atoms with Crippen LogP contribution in [0.3, 0.4) is 0 Å². The van der Waals surface area contributed by atoms with E-state index < -0.39 is 5.60 Å². The predicted molar refractivity (Wildman–Crippen MR) is 64.5 cm³/mol. The highest BCUT2D eigenvalue weighted by molar-refractivity contribution is 5.68. The quantitative estimate of drug-likeness (QED) is 0.777. The third-order valence-electron chi connectivity index (χ3n) is 2.65. The van der Waals surface area contributed by atoms with Gasteiger partial charge in [-0.25, -0.2) is 4.79 Å². The van der Waals surface area contributed by atoms with Gasteiger partial charge in [-0.15, -0.1) is 0 Å². The normalized spacial score (nSPS) is 25.5. The summed E-state index contributed by atoms with van der Waals surface area (Å²) in [5, 5.41) is 6.35. The van der Waals surface area contributed by atoms with Gasteiger partial charge in [0.05, 0.1) is 0 Å². The van der Waals surface area contributed by atoms with Crippen molar-refractivity contribution < 1.29 is 9.53 Å². The molecule has 0 spiro atoms. The summed E-state index contributed by atoms with van der Waals surface area (Å²) in [4.78, 5) is 11.6. The van der Waals surface area contributed by atoms with Crippen molar-refractivity contribution in [3.8, 4) is 0 Å². The lowest BCUT2D eigenvalue weighted by atomic mass is 10.1. The number of carbonyl (C=O) groups excluding carboxylic acids is 1. The molecule has 16 heavy (non-hydrogen) atoms. The van der Waals surface area contributed by atoms with Gasteiger partial charge in [0, 0.05) is 12.1 Å². The van der Waals surface area contributed by atoms with E-state index in [0.717, 1.165) is 25.8 Å². The molecule has 0 aromatic rings. The van der Waals surface area contributed by atoms with Crippen LogP contribution in [0.25, 0.3) is 0 Å². The fraction of sp³-hybridized carbons (Fsp3) is 0.917. The molecule has 0 aliphatic carbocycles. The van der Waals surface area contributed by atoms with E-state index in [2.05, 4.69) is 17.6 Å². The lowest BCUT2D eigenvalue weighted by Crippen LogP contribution is -2.45. The Bertz CT molecular complexity index is 236. The largest absolute Gasteiger partial charge is 0.444 e. The molecule has 4 heteroatoms. The number of amides is 1. The van der Waals surface area contributed by atoms with Crippen LogP contribution in [-0.4, -0.2) is 30.3 Å². The summed E-state index contributed by atoms with van der Waals surface area (Å²) in [7, 11) is 0. The van der Waals surface area contributed by atoms with Crippen molar-refractivity contribution in [2.75, 3.05) is 6.54 Å². The van der Waals surface area contributed by atoms with E-state index in [4.69, 9.17) is 4.74 Å². The molecule has 1 aliphatic heterocycles. The van der Waals surface area contributed by atoms with Crippen molar-refractivity contribution in [3.63, 3.8) is 0 Å². The Kier molecular flexibility index (Phi) is 4.59. The van der Waals surface area contributed by atoms with Crippen LogP contribution < -0.4 is 10.6 Å². The molecule has 0 saturated carbocycles. The monoisotopic (exact) mass is 228 g/mol. The highest BCUT2D eigenvalue weighted by atomic mass is 16.6. The highest BCUT2D eigenvalue weighted by Gasteiger charge is 2.28. The van der Waals surface area contributed by atoms with Crippen LogP contribution >= 0.6 is 0 Å². The zero-order chi connectivity index (χ0) is 12.2. The predicted octanol–water partition coefficient (Wildman–Crippen LogP) is 2.04. The summed E-state index contributed by atoms with van der Waals surface area (Å²) in [5.41, 5.74) is -0.420. The molecule has 1 amide bonds. The van der Waals surface area contributed by atoms with Crippen molar-refractivity contribution in [1.82, 2.24) is 10.6 Å². The van der Waals surface area contributed by atoms with Gasteiger partial charge in [0.2, 0.25) is 0 Å². The summed E-state index contributed by atoms with van der Waals surface area (Å²) in [6, 6.07) is 0.618. The van der Waals surface area contributed by atoms with Crippen LogP contribution in [0.5, 0.6) is 0 Å². The molecule has 2 atom stereocenters. The molecule has 4 nitrogen and oxygen atoms in total. The summed E-state index contributed by atoms with van der Waals surface area (Å²) in [6.45, 7) is 8.77. The van der Waals surface area contributed by atoms with E-state index in [1.54, 1.807) is 0 Å². The molecule has 0 radical (unpaired) electrons. The molecule has 1 fully saturated rings. The van der Waals surface area contributed by atoms with Crippen molar-refractivity contribution in [2.45, 2.75) is 64.6 Å². The number of hydrogen-bond acceptors (Lipinski definition) is 3. The molecule has 1 saturated heterocycles. The summed E-state index contributed by atoms with van der Waals surface area (Å²) in [6.07, 6.45) is 2.91. The minimum Gasteiger partial charge on any atom is -0.444 e. The Morgan fingerprint density at radius 1 is 1.50 bits per heavy atom. The van der Waals surface area contributed by atoms with Gasteiger partial charge in [0.1, 0.15) is 5.60 Å². The van der Waals surface area contributed by atoms with E-state index in [1.807, 2.05) is 20.8 Å². The first-order valence-electron chi connectivity index (χ1n) is 6.15. The average molecular weight is 228 g/mol. The van der Waals surface area contributed by atoms with Gasteiger partial charge < -0.3 is 15.4 Å². The lowest BCUT2D eigenvalue weighted by molar-refractivity contribution is 0.0499. The number of hydrogen-bond donors (Lipinski definition) is 2. The summed E-state index contributed by atoms with van der Waals surface area (Å²) >= 11 is 0. The molecule has 0 bridgehead atoms. The van der Waals surface area contributed by atoms with E-state index in [9.17, 15) is 4.79 Å². The number of carbonyl (C=O) groups is 1. The van der Waals surface area contributed by atoms with Gasteiger partial charge in [0.25, 0.3) is 0 Å². The van der Waals surface area contributed by atoms with Crippen LogP contribution in [0.4, 0.5) is 4.79 Å². The van der Waals surface area contributed by atoms with Crippen molar-refractivity contribution >= 4 is 6.09 Å². The van der Waals surface area contributed by atoms with Gasteiger partial charge in [-0.2, -0.15) is 0 Å². The van der Waals surface area contributed by atoms with E-state index >= 15 is 0 Å². The van der Waals surface area contributed by atoms with E-state index in [-0.39, 0.29) is 12.1 Å². The molecule has 0 aromatic carbocycles. The Morgan fingerprint density at radius 2 is 2.19 bits per heavy atom. The molecular weight excluding hydrogens is 204 g/mol. The first kappa shape index (κ1) is 13.3. The second kappa shape index (κ2) is 5.53. The Hall–Kier alpha value is -0.770. The van der Waals surface area contributed by atoms with Crippen LogP contribution in [0.1, 0.15) is 47.0 Å². The van der Waals surface area contributed by atoms with Crippen molar-refractivity contribution in [3.05, 3.63) is 0 Å². The number of rotatable bonds is 3. The highest BCUT2D eigenvalue weighted by Crippen LogP contribution is 2.13. The van der Waals surface area contributed by atoms with E-state index in [1.165, 1.54) is 0 Å². The number of alkyl carbamates (subject to hydrolysis) is 1. The summed E-state index contributed by atoms with van der Waals surface area (Å²) < 4.78 is 5.25. The molecule has 94 valence electrons. The zero-order valence-electron chi connectivity index (χ0n) is 10.8. The van der Waals surface area contributed by atoms with Gasteiger partial charge in [-0.05, 0) is 40.2 Å². The lowest BCUT2D eigenvalue weighted by Gasteiger charge is -2.24. The minimum atomic E-state index is -0.420. The maximum Gasteiger partial charge on any atom is 0.407 e. The number of nitrogens with one attached hydrogen (secondary N) is 2. The topological polar surface area (TPSA) is 50.4 Å². The van der Waals surface area contributed by atoms with Crippen LogP contribution in [0, 0.1) is 0 Å². The molecule has 1 heterocycles. The van der Waals surface area contributed by atoms with Crippen molar-refractivity contribution in [1.29, 1.82) is 0 Å². The average Bonchev–Trinajstić information content (AvgIpc) is 2.50. The standard InChI is InChI=1S/C12H24N2O2/c1-5-6-9-10(7-8-13-9)14-11(15)16-12(2,3)4/h9-10,13H,5-8H2,1-4H3,(H,14,15). The van der Waals surface area contributed by atoms with E-state index in [0.29, 0.717) is 6.04 Å². The Balaban J connectivity index is 2.38. The third-order valence-corrected chi connectivity index (χ3v) is 2.65. The molecule has 1 rings (SSSR count). The van der Waals surface area contributed by atoms with Crippen LogP contribution in [-0.2, 0) is 4.74 Å². The van der Waals surface area contributed by atoms with Crippen LogP contribution in [0.2, 0.25) is 0 Å². The van der Waals surface area contributed by atoms with Crippen molar-refractivity contribution in [2.24, 2.45) is 0 Å². The smallest absolute Gasteiger partial charge is 0.407 e. The Morgan fingerprint density at radius 3 is 2.75 bits per heavy atom. The maximum absolute atomic E-state index is 11.6. The second-order valence-corrected chi connectivity index (χ2v) is 5.39. The fourth-order valence-electron chi connectivity index (χ4n) is 2.01. The minimum absolute atomic E-state index is 0.217. The van der Waals surface area contributed by atoms with Gasteiger partial charge in [-0.3, -0.25) is 0 Å². The van der Waals surface area contributed by atoms with Gasteiger partial charge in [0.15, 0.2) is 0 Å². The summed E-state index contributed by atoms with van der Waals surface area (Å²) in [5.74, 6) is 0. The fourth-order valence-corrected chi connectivity index (χ4v) is 2.01. The second-order valence-electron chi connectivity index (χ2n) is 5.39.